The van der Waals surface area contributed by atoms with Gasteiger partial charge in [-0.05, 0) is 36.4 Å². The summed E-state index contributed by atoms with van der Waals surface area (Å²) in [7, 11) is 0. The Kier molecular flexibility index (Phi) is 4.19. The van der Waals surface area contributed by atoms with Gasteiger partial charge in [-0.2, -0.15) is 0 Å². The van der Waals surface area contributed by atoms with Gasteiger partial charge in [-0.25, -0.2) is 8.78 Å². The quantitative estimate of drug-likeness (QED) is 0.771. The number of halogens is 4. The molecule has 0 aliphatic heterocycles. The molecule has 94 valence electrons. The van der Waals surface area contributed by atoms with Crippen molar-refractivity contribution in [1.29, 1.82) is 0 Å². The average molecular weight is 334 g/mol. The van der Waals surface area contributed by atoms with Crippen molar-refractivity contribution in [2.45, 2.75) is 6.61 Å². The number of rotatable bonds is 3. The molecule has 2 aromatic rings. The largest absolute Gasteiger partial charge is 0.487 e. The van der Waals surface area contributed by atoms with E-state index < -0.39 is 11.6 Å². The van der Waals surface area contributed by atoms with E-state index >= 15 is 0 Å². The van der Waals surface area contributed by atoms with E-state index in [0.717, 1.165) is 22.7 Å². The van der Waals surface area contributed by atoms with Crippen LogP contribution in [0.25, 0.3) is 0 Å². The molecule has 2 rings (SSSR count). The zero-order chi connectivity index (χ0) is 13.1. The molecule has 0 aromatic heterocycles. The lowest BCUT2D eigenvalue weighted by molar-refractivity contribution is 0.299. The topological polar surface area (TPSA) is 9.23 Å². The van der Waals surface area contributed by atoms with Crippen LogP contribution < -0.4 is 4.74 Å². The van der Waals surface area contributed by atoms with E-state index in [4.69, 9.17) is 16.3 Å². The lowest BCUT2D eigenvalue weighted by Crippen LogP contribution is -1.99. The van der Waals surface area contributed by atoms with Gasteiger partial charge in [0.15, 0.2) is 0 Å². The highest BCUT2D eigenvalue weighted by Gasteiger charge is 2.07. The van der Waals surface area contributed by atoms with Crippen molar-refractivity contribution >= 4 is 27.5 Å². The van der Waals surface area contributed by atoms with Gasteiger partial charge in [0.05, 0.1) is 5.02 Å². The maximum absolute atomic E-state index is 13.4. The van der Waals surface area contributed by atoms with Crippen LogP contribution in [0, 0.1) is 11.6 Å². The molecule has 1 nitrogen and oxygen atoms in total. The van der Waals surface area contributed by atoms with E-state index in [1.165, 1.54) is 0 Å². The first-order chi connectivity index (χ1) is 8.56. The van der Waals surface area contributed by atoms with Crippen molar-refractivity contribution in [1.82, 2.24) is 0 Å². The molecule has 0 radical (unpaired) electrons. The third-order valence-electron chi connectivity index (χ3n) is 2.28. The summed E-state index contributed by atoms with van der Waals surface area (Å²) in [6, 6.07) is 8.31. The first kappa shape index (κ1) is 13.3. The van der Waals surface area contributed by atoms with Gasteiger partial charge in [0.2, 0.25) is 0 Å². The van der Waals surface area contributed by atoms with Crippen LogP contribution in [0.2, 0.25) is 5.02 Å². The molecule has 0 unspecified atom stereocenters. The Hall–Kier alpha value is -1.13. The van der Waals surface area contributed by atoms with Crippen molar-refractivity contribution in [2.24, 2.45) is 0 Å². The molecular weight excluding hydrogens is 325 g/mol. The van der Waals surface area contributed by atoms with E-state index in [1.54, 1.807) is 18.2 Å². The van der Waals surface area contributed by atoms with Gasteiger partial charge in [0.25, 0.3) is 0 Å². The van der Waals surface area contributed by atoms with Crippen LogP contribution in [-0.2, 0) is 6.61 Å². The Morgan fingerprint density at radius 1 is 1.11 bits per heavy atom. The van der Waals surface area contributed by atoms with Gasteiger partial charge in [-0.3, -0.25) is 0 Å². The third-order valence-corrected chi connectivity index (χ3v) is 3.09. The second kappa shape index (κ2) is 5.67. The van der Waals surface area contributed by atoms with Crippen molar-refractivity contribution in [2.75, 3.05) is 0 Å². The van der Waals surface area contributed by atoms with Crippen LogP contribution in [0.3, 0.4) is 0 Å². The fourth-order valence-corrected chi connectivity index (χ4v) is 1.91. The Labute approximate surface area is 116 Å². The Bertz CT molecular complexity index is 523. The molecule has 0 fully saturated rings. The number of benzene rings is 2. The summed E-state index contributed by atoms with van der Waals surface area (Å²) in [5, 5.41) is 0.412. The molecule has 0 saturated carbocycles. The van der Waals surface area contributed by atoms with Crippen molar-refractivity contribution in [3.05, 3.63) is 63.1 Å². The van der Waals surface area contributed by atoms with E-state index in [1.807, 2.05) is 0 Å². The van der Waals surface area contributed by atoms with Gasteiger partial charge in [0.1, 0.15) is 24.0 Å². The summed E-state index contributed by atoms with van der Waals surface area (Å²) < 4.78 is 32.5. The zero-order valence-electron chi connectivity index (χ0n) is 9.09. The standard InChI is InChI=1S/C13H8BrClF2O/c14-9-1-3-11(15)13(6-9)18-7-8-5-10(16)2-4-12(8)17/h1-6H,7H2. The highest BCUT2D eigenvalue weighted by atomic mass is 79.9. The smallest absolute Gasteiger partial charge is 0.139 e. The lowest BCUT2D eigenvalue weighted by atomic mass is 10.2. The summed E-state index contributed by atoms with van der Waals surface area (Å²) in [6.45, 7) is -0.0836. The first-order valence-corrected chi connectivity index (χ1v) is 6.25. The van der Waals surface area contributed by atoms with Crippen molar-refractivity contribution < 1.29 is 13.5 Å². The van der Waals surface area contributed by atoms with Crippen LogP contribution in [-0.4, -0.2) is 0 Å². The Balaban J connectivity index is 2.16. The van der Waals surface area contributed by atoms with Gasteiger partial charge < -0.3 is 4.74 Å². The molecular formula is C13H8BrClF2O. The van der Waals surface area contributed by atoms with Gasteiger partial charge in [0, 0.05) is 10.0 Å². The van der Waals surface area contributed by atoms with E-state index in [2.05, 4.69) is 15.9 Å². The predicted molar refractivity (Wildman–Crippen MR) is 69.8 cm³/mol. The molecule has 0 heterocycles. The number of hydrogen-bond acceptors (Lipinski definition) is 1. The fraction of sp³-hybridized carbons (Fsp3) is 0.0769. The molecule has 0 bridgehead atoms. The highest BCUT2D eigenvalue weighted by Crippen LogP contribution is 2.28. The van der Waals surface area contributed by atoms with Gasteiger partial charge in [-0.15, -0.1) is 0 Å². The number of hydrogen-bond donors (Lipinski definition) is 0. The molecule has 18 heavy (non-hydrogen) atoms. The summed E-state index contributed by atoms with van der Waals surface area (Å²) in [6.07, 6.45) is 0. The number of ether oxygens (including phenoxy) is 1. The normalized spacial score (nSPS) is 10.4. The third kappa shape index (κ3) is 3.21. The summed E-state index contributed by atoms with van der Waals surface area (Å²) in [4.78, 5) is 0. The van der Waals surface area contributed by atoms with E-state index in [9.17, 15) is 8.78 Å². The van der Waals surface area contributed by atoms with E-state index in [-0.39, 0.29) is 12.2 Å². The fourth-order valence-electron chi connectivity index (χ4n) is 1.40. The lowest BCUT2D eigenvalue weighted by Gasteiger charge is -2.09. The minimum atomic E-state index is -0.512. The zero-order valence-corrected chi connectivity index (χ0v) is 11.4. The van der Waals surface area contributed by atoms with Crippen molar-refractivity contribution in [3.63, 3.8) is 0 Å². The van der Waals surface area contributed by atoms with Crippen LogP contribution >= 0.6 is 27.5 Å². The second-order valence-corrected chi connectivity index (χ2v) is 4.92. The maximum Gasteiger partial charge on any atom is 0.139 e. The summed E-state index contributed by atoms with van der Waals surface area (Å²) in [5.41, 5.74) is 0.144. The van der Waals surface area contributed by atoms with Crippen LogP contribution in [0.4, 0.5) is 8.78 Å². The SMILES string of the molecule is Fc1ccc(F)c(COc2cc(Br)ccc2Cl)c1. The molecule has 0 spiro atoms. The average Bonchev–Trinajstić information content (AvgIpc) is 2.34. The monoisotopic (exact) mass is 332 g/mol. The summed E-state index contributed by atoms with van der Waals surface area (Å²) >= 11 is 9.20. The highest BCUT2D eigenvalue weighted by molar-refractivity contribution is 9.10. The minimum absolute atomic E-state index is 0.0836. The van der Waals surface area contributed by atoms with Crippen molar-refractivity contribution in [3.8, 4) is 5.75 Å². The Morgan fingerprint density at radius 2 is 1.89 bits per heavy atom. The molecule has 0 N–H and O–H groups in total. The molecule has 0 saturated heterocycles. The first-order valence-electron chi connectivity index (χ1n) is 5.08. The molecule has 0 amide bonds. The molecule has 0 aliphatic rings. The molecule has 5 heteroatoms. The Morgan fingerprint density at radius 3 is 2.67 bits per heavy atom. The molecule has 2 aromatic carbocycles. The second-order valence-electron chi connectivity index (χ2n) is 3.60. The minimum Gasteiger partial charge on any atom is -0.487 e. The molecule has 0 atom stereocenters. The predicted octanol–water partition coefficient (Wildman–Crippen LogP) is 4.96. The summed E-state index contributed by atoms with van der Waals surface area (Å²) in [5.74, 6) is -0.604. The molecule has 0 aliphatic carbocycles. The van der Waals surface area contributed by atoms with Gasteiger partial charge >= 0.3 is 0 Å². The van der Waals surface area contributed by atoms with Crippen LogP contribution in [0.15, 0.2) is 40.9 Å². The van der Waals surface area contributed by atoms with E-state index in [0.29, 0.717) is 10.8 Å². The van der Waals surface area contributed by atoms with Crippen LogP contribution in [0.1, 0.15) is 5.56 Å². The van der Waals surface area contributed by atoms with Gasteiger partial charge in [-0.1, -0.05) is 27.5 Å². The maximum atomic E-state index is 13.4. The van der Waals surface area contributed by atoms with Crippen LogP contribution in [0.5, 0.6) is 5.75 Å².